The van der Waals surface area contributed by atoms with Crippen LogP contribution in [-0.2, 0) is 23.2 Å². The molecular weight excluding hydrogens is 582 g/mol. The van der Waals surface area contributed by atoms with Gasteiger partial charge in [0.25, 0.3) is 15.9 Å². The smallest absolute Gasteiger partial charge is 0.273 e. The van der Waals surface area contributed by atoms with Crippen LogP contribution in [0.5, 0.6) is 5.75 Å². The van der Waals surface area contributed by atoms with Gasteiger partial charge in [0.05, 0.1) is 28.9 Å². The molecule has 0 saturated carbocycles. The molecule has 0 aromatic heterocycles. The van der Waals surface area contributed by atoms with E-state index in [-0.39, 0.29) is 22.7 Å². The summed E-state index contributed by atoms with van der Waals surface area (Å²) in [5.41, 5.74) is 5.45. The predicted octanol–water partition coefficient (Wildman–Crippen LogP) is 7.08. The van der Waals surface area contributed by atoms with E-state index >= 15 is 0 Å². The number of sulfonamides is 1. The molecule has 1 N–H and O–H groups in total. The molecule has 0 heterocycles. The second-order valence-corrected chi connectivity index (χ2v) is 11.8. The van der Waals surface area contributed by atoms with Crippen LogP contribution in [0.4, 0.5) is 5.69 Å². The predicted molar refractivity (Wildman–Crippen MR) is 170 cm³/mol. The number of rotatable bonds is 11. The van der Waals surface area contributed by atoms with Gasteiger partial charge in [-0.05, 0) is 77.4 Å². The van der Waals surface area contributed by atoms with Crippen LogP contribution >= 0.6 is 11.6 Å². The van der Waals surface area contributed by atoms with Crippen molar-refractivity contribution >= 4 is 39.4 Å². The topological polar surface area (TPSA) is 88.1 Å². The zero-order valence-corrected chi connectivity index (χ0v) is 24.6. The van der Waals surface area contributed by atoms with E-state index in [2.05, 4.69) is 10.5 Å². The summed E-state index contributed by atoms with van der Waals surface area (Å²) in [5.74, 6) is 0.138. The molecule has 43 heavy (non-hydrogen) atoms. The molecule has 0 aliphatic heterocycles. The molecule has 0 spiro atoms. The third kappa shape index (κ3) is 7.68. The summed E-state index contributed by atoms with van der Waals surface area (Å²) in [4.78, 5) is 13.4. The molecule has 5 aromatic rings. The average Bonchev–Trinajstić information content (AvgIpc) is 3.05. The lowest BCUT2D eigenvalue weighted by molar-refractivity contribution is 0.0955. The van der Waals surface area contributed by atoms with Gasteiger partial charge in [0.15, 0.2) is 0 Å². The van der Waals surface area contributed by atoms with Crippen molar-refractivity contribution in [3.63, 3.8) is 0 Å². The van der Waals surface area contributed by atoms with E-state index in [0.29, 0.717) is 17.4 Å². The first-order valence-electron chi connectivity index (χ1n) is 13.4. The maximum atomic E-state index is 13.8. The van der Waals surface area contributed by atoms with E-state index in [1.54, 1.807) is 42.5 Å². The SMILES string of the molecule is O=C(N/N=C\c1ccc(OCc2ccc(Cl)cc2)cc1)c1ccccc1N(Cc1ccccc1)S(=O)(=O)c1ccccc1. The largest absolute Gasteiger partial charge is 0.489 e. The maximum Gasteiger partial charge on any atom is 0.273 e. The van der Waals surface area contributed by atoms with E-state index in [1.165, 1.54) is 22.7 Å². The number of ether oxygens (including phenoxy) is 1. The van der Waals surface area contributed by atoms with E-state index in [4.69, 9.17) is 16.3 Å². The molecule has 216 valence electrons. The number of carbonyl (C=O) groups is 1. The molecule has 0 radical (unpaired) electrons. The number of nitrogens with one attached hydrogen (secondary N) is 1. The summed E-state index contributed by atoms with van der Waals surface area (Å²) in [5, 5.41) is 4.78. The Balaban J connectivity index is 1.31. The van der Waals surface area contributed by atoms with Gasteiger partial charge in [-0.3, -0.25) is 9.10 Å². The Labute approximate surface area is 256 Å². The van der Waals surface area contributed by atoms with Gasteiger partial charge >= 0.3 is 0 Å². The van der Waals surface area contributed by atoms with E-state index < -0.39 is 15.9 Å². The van der Waals surface area contributed by atoms with Gasteiger partial charge in [0.2, 0.25) is 0 Å². The van der Waals surface area contributed by atoms with E-state index in [1.807, 2.05) is 78.9 Å². The summed E-state index contributed by atoms with van der Waals surface area (Å²) in [6.07, 6.45) is 1.51. The second kappa shape index (κ2) is 13.8. The molecule has 0 aliphatic rings. The Hall–Kier alpha value is -4.92. The molecule has 0 unspecified atom stereocenters. The Bertz CT molecular complexity index is 1800. The summed E-state index contributed by atoms with van der Waals surface area (Å²) in [6.45, 7) is 0.444. The quantitative estimate of drug-likeness (QED) is 0.128. The van der Waals surface area contributed by atoms with Crippen molar-refractivity contribution in [1.29, 1.82) is 0 Å². The van der Waals surface area contributed by atoms with Gasteiger partial charge < -0.3 is 4.74 Å². The minimum absolute atomic E-state index is 0.0397. The lowest BCUT2D eigenvalue weighted by Crippen LogP contribution is -2.33. The maximum absolute atomic E-state index is 13.8. The molecule has 0 atom stereocenters. The second-order valence-electron chi connectivity index (χ2n) is 9.51. The number of hydrazone groups is 1. The third-order valence-electron chi connectivity index (χ3n) is 6.50. The van der Waals surface area contributed by atoms with Gasteiger partial charge in [-0.25, -0.2) is 13.8 Å². The zero-order chi connectivity index (χ0) is 30.1. The van der Waals surface area contributed by atoms with Crippen molar-refractivity contribution in [1.82, 2.24) is 5.43 Å². The molecule has 0 fully saturated rings. The standard InChI is InChI=1S/C34H28ClN3O4S/c35-29-19-15-28(16-20-29)25-42-30-21-17-26(18-22-30)23-36-37-34(39)32-13-7-8-14-33(32)38(24-27-9-3-1-4-10-27)43(40,41)31-11-5-2-6-12-31/h1-23H,24-25H2,(H,37,39)/b36-23-. The van der Waals surface area contributed by atoms with Gasteiger partial charge in [-0.1, -0.05) is 84.4 Å². The number of halogens is 1. The molecule has 0 aliphatic carbocycles. The van der Waals surface area contributed by atoms with E-state index in [0.717, 1.165) is 16.7 Å². The van der Waals surface area contributed by atoms with Crippen LogP contribution in [0, 0.1) is 0 Å². The summed E-state index contributed by atoms with van der Waals surface area (Å²) >= 11 is 5.93. The van der Waals surface area contributed by atoms with Crippen LogP contribution in [0.15, 0.2) is 143 Å². The highest BCUT2D eigenvalue weighted by atomic mass is 35.5. The number of carbonyl (C=O) groups excluding carboxylic acids is 1. The molecule has 5 rings (SSSR count). The van der Waals surface area contributed by atoms with Crippen molar-refractivity contribution in [3.05, 3.63) is 161 Å². The van der Waals surface area contributed by atoms with Gasteiger partial charge in [0, 0.05) is 5.02 Å². The van der Waals surface area contributed by atoms with E-state index in [9.17, 15) is 13.2 Å². The van der Waals surface area contributed by atoms with Crippen LogP contribution in [0.1, 0.15) is 27.0 Å². The fraction of sp³-hybridized carbons (Fsp3) is 0.0588. The lowest BCUT2D eigenvalue weighted by atomic mass is 10.1. The first-order chi connectivity index (χ1) is 20.9. The highest BCUT2D eigenvalue weighted by Crippen LogP contribution is 2.29. The average molecular weight is 610 g/mol. The van der Waals surface area contributed by atoms with Crippen molar-refractivity contribution in [2.24, 2.45) is 5.10 Å². The van der Waals surface area contributed by atoms with Crippen LogP contribution in [-0.4, -0.2) is 20.5 Å². The van der Waals surface area contributed by atoms with Gasteiger partial charge in [0.1, 0.15) is 12.4 Å². The normalized spacial score (nSPS) is 11.3. The van der Waals surface area contributed by atoms with Crippen molar-refractivity contribution in [2.75, 3.05) is 4.31 Å². The third-order valence-corrected chi connectivity index (χ3v) is 8.52. The molecule has 9 heteroatoms. The highest BCUT2D eigenvalue weighted by molar-refractivity contribution is 7.92. The summed E-state index contributed by atoms with van der Waals surface area (Å²) < 4.78 is 34.7. The number of nitrogens with zero attached hydrogens (tertiary/aromatic N) is 2. The minimum Gasteiger partial charge on any atom is -0.489 e. The first kappa shape index (κ1) is 29.6. The van der Waals surface area contributed by atoms with Crippen LogP contribution in [0.3, 0.4) is 0 Å². The summed E-state index contributed by atoms with van der Waals surface area (Å²) in [6, 6.07) is 38.6. The zero-order valence-electron chi connectivity index (χ0n) is 23.0. The lowest BCUT2D eigenvalue weighted by Gasteiger charge is -2.26. The Morgan fingerprint density at radius 1 is 0.767 bits per heavy atom. The molecule has 5 aromatic carbocycles. The number of para-hydroxylation sites is 1. The molecule has 7 nitrogen and oxygen atoms in total. The Kier molecular flexibility index (Phi) is 9.51. The fourth-order valence-corrected chi connectivity index (χ4v) is 5.89. The molecular formula is C34H28ClN3O4S. The summed E-state index contributed by atoms with van der Waals surface area (Å²) in [7, 11) is -4.00. The molecule has 1 amide bonds. The number of benzene rings is 5. The Morgan fingerprint density at radius 3 is 2.09 bits per heavy atom. The minimum atomic E-state index is -4.00. The first-order valence-corrected chi connectivity index (χ1v) is 15.2. The van der Waals surface area contributed by atoms with Gasteiger partial charge in [-0.2, -0.15) is 5.10 Å². The number of amides is 1. The molecule has 0 saturated heterocycles. The van der Waals surface area contributed by atoms with Crippen LogP contribution < -0.4 is 14.5 Å². The van der Waals surface area contributed by atoms with Crippen molar-refractivity contribution < 1.29 is 17.9 Å². The Morgan fingerprint density at radius 2 is 1.40 bits per heavy atom. The number of hydrogen-bond donors (Lipinski definition) is 1. The van der Waals surface area contributed by atoms with Crippen molar-refractivity contribution in [3.8, 4) is 5.75 Å². The fourth-order valence-electron chi connectivity index (χ4n) is 4.27. The number of hydrogen-bond acceptors (Lipinski definition) is 5. The number of anilines is 1. The van der Waals surface area contributed by atoms with Crippen LogP contribution in [0.2, 0.25) is 5.02 Å². The monoisotopic (exact) mass is 609 g/mol. The van der Waals surface area contributed by atoms with Crippen molar-refractivity contribution in [2.45, 2.75) is 18.0 Å². The highest BCUT2D eigenvalue weighted by Gasteiger charge is 2.28. The van der Waals surface area contributed by atoms with Crippen LogP contribution in [0.25, 0.3) is 0 Å². The van der Waals surface area contributed by atoms with Gasteiger partial charge in [-0.15, -0.1) is 0 Å². The molecule has 0 bridgehead atoms.